The molecule has 180 valence electrons. The van der Waals surface area contributed by atoms with E-state index in [1.54, 1.807) is 6.20 Å². The molecule has 2 aromatic heterocycles. The molecule has 1 N–H and O–H groups in total. The van der Waals surface area contributed by atoms with E-state index >= 15 is 0 Å². The maximum atomic E-state index is 13.6. The zero-order chi connectivity index (χ0) is 24.2. The second kappa shape index (κ2) is 10.2. The van der Waals surface area contributed by atoms with Crippen LogP contribution in [0.1, 0.15) is 59.4 Å². The first-order chi connectivity index (χ1) is 17.2. The van der Waals surface area contributed by atoms with Crippen LogP contribution in [0.4, 0.5) is 0 Å². The minimum Gasteiger partial charge on any atom is -0.494 e. The molecule has 0 aliphatic carbocycles. The van der Waals surface area contributed by atoms with E-state index in [9.17, 15) is 4.79 Å². The van der Waals surface area contributed by atoms with Crippen molar-refractivity contribution in [3.63, 3.8) is 0 Å². The van der Waals surface area contributed by atoms with Gasteiger partial charge in [0.05, 0.1) is 24.7 Å². The van der Waals surface area contributed by atoms with Gasteiger partial charge in [-0.3, -0.25) is 9.89 Å². The number of nitrogens with one attached hydrogen (secondary N) is 1. The monoisotopic (exact) mass is 469 g/mol. The Morgan fingerprint density at radius 1 is 1.09 bits per heavy atom. The van der Waals surface area contributed by atoms with Crippen LogP contribution < -0.4 is 4.74 Å². The highest BCUT2D eigenvalue weighted by atomic mass is 16.5. The van der Waals surface area contributed by atoms with Gasteiger partial charge in [0.25, 0.3) is 5.91 Å². The molecule has 2 aromatic carbocycles. The molecule has 4 aromatic rings. The van der Waals surface area contributed by atoms with Gasteiger partial charge in [0.2, 0.25) is 0 Å². The number of carbonyl (C=O) groups is 1. The van der Waals surface area contributed by atoms with E-state index in [2.05, 4.69) is 65.4 Å². The lowest BCUT2D eigenvalue weighted by Gasteiger charge is -2.27. The van der Waals surface area contributed by atoms with Gasteiger partial charge in [-0.25, -0.2) is 4.98 Å². The smallest absolute Gasteiger partial charge is 0.273 e. The maximum absolute atomic E-state index is 13.6. The first kappa shape index (κ1) is 22.9. The van der Waals surface area contributed by atoms with Crippen molar-refractivity contribution in [2.75, 3.05) is 13.2 Å². The number of rotatable bonds is 10. The normalized spacial score (nSPS) is 15.0. The molecule has 0 radical (unpaired) electrons. The molecule has 0 saturated heterocycles. The van der Waals surface area contributed by atoms with Crippen molar-refractivity contribution < 1.29 is 9.53 Å². The number of fused-ring (bicyclic) bond motifs is 1. The van der Waals surface area contributed by atoms with E-state index in [1.807, 2.05) is 34.1 Å². The molecule has 7 heteroatoms. The number of unbranched alkanes of at least 4 members (excludes halogenated alkanes) is 1. The third-order valence-corrected chi connectivity index (χ3v) is 6.50. The van der Waals surface area contributed by atoms with Gasteiger partial charge in [-0.2, -0.15) is 5.10 Å². The van der Waals surface area contributed by atoms with E-state index in [4.69, 9.17) is 4.74 Å². The molecule has 1 aliphatic rings. The molecule has 1 amide bonds. The van der Waals surface area contributed by atoms with E-state index in [0.29, 0.717) is 18.8 Å². The van der Waals surface area contributed by atoms with Crippen LogP contribution in [0, 0.1) is 6.92 Å². The molecule has 0 spiro atoms. The van der Waals surface area contributed by atoms with E-state index in [1.165, 1.54) is 5.56 Å². The maximum Gasteiger partial charge on any atom is 0.273 e. The molecule has 5 rings (SSSR count). The summed E-state index contributed by atoms with van der Waals surface area (Å²) in [7, 11) is 0. The number of aromatic nitrogens is 4. The SMILES string of the molecule is CCCCOc1cccc(C2c3c(-c4ccc(C)cc4)n[nH]c3C(=O)N2CCCn2ccnc2)c1. The highest BCUT2D eigenvalue weighted by molar-refractivity contribution is 6.00. The molecule has 0 saturated carbocycles. The zero-order valence-corrected chi connectivity index (χ0v) is 20.3. The number of H-pyrrole nitrogens is 1. The Morgan fingerprint density at radius 3 is 2.71 bits per heavy atom. The Labute approximate surface area is 205 Å². The fourth-order valence-electron chi connectivity index (χ4n) is 4.66. The number of ether oxygens (including phenoxy) is 1. The topological polar surface area (TPSA) is 76.0 Å². The summed E-state index contributed by atoms with van der Waals surface area (Å²) in [6.45, 7) is 6.33. The largest absolute Gasteiger partial charge is 0.494 e. The number of imidazole rings is 1. The van der Waals surface area contributed by atoms with Gasteiger partial charge < -0.3 is 14.2 Å². The third kappa shape index (κ3) is 4.71. The minimum absolute atomic E-state index is 0.0150. The molecular weight excluding hydrogens is 438 g/mol. The fourth-order valence-corrected chi connectivity index (χ4v) is 4.66. The number of hydrogen-bond donors (Lipinski definition) is 1. The Hall–Kier alpha value is -3.87. The van der Waals surface area contributed by atoms with E-state index in [-0.39, 0.29) is 11.9 Å². The van der Waals surface area contributed by atoms with Gasteiger partial charge in [0.1, 0.15) is 11.4 Å². The van der Waals surface area contributed by atoms with Gasteiger partial charge in [0.15, 0.2) is 0 Å². The van der Waals surface area contributed by atoms with Crippen LogP contribution in [-0.2, 0) is 6.54 Å². The first-order valence-electron chi connectivity index (χ1n) is 12.3. The summed E-state index contributed by atoms with van der Waals surface area (Å²) in [5, 5.41) is 7.64. The fraction of sp³-hybridized carbons (Fsp3) is 0.321. The summed E-state index contributed by atoms with van der Waals surface area (Å²) in [6, 6.07) is 16.2. The van der Waals surface area contributed by atoms with Gasteiger partial charge >= 0.3 is 0 Å². The van der Waals surface area contributed by atoms with Crippen molar-refractivity contribution >= 4 is 5.91 Å². The summed E-state index contributed by atoms with van der Waals surface area (Å²) < 4.78 is 8.04. The van der Waals surface area contributed by atoms with Crippen molar-refractivity contribution in [1.82, 2.24) is 24.6 Å². The standard InChI is InChI=1S/C28H31N5O2/c1-3-4-17-35-23-8-5-7-22(18-23)27-24-25(21-11-9-20(2)10-12-21)30-31-26(24)28(34)33(27)15-6-14-32-16-13-29-19-32/h5,7-13,16,18-19,27H,3-4,6,14-15,17H2,1-2H3,(H,30,31). The number of aromatic amines is 1. The van der Waals surface area contributed by atoms with Crippen molar-refractivity contribution in [2.24, 2.45) is 0 Å². The summed E-state index contributed by atoms with van der Waals surface area (Å²) >= 11 is 0. The van der Waals surface area contributed by atoms with E-state index in [0.717, 1.165) is 53.9 Å². The van der Waals surface area contributed by atoms with Gasteiger partial charge in [-0.05, 0) is 37.5 Å². The van der Waals surface area contributed by atoms with Crippen molar-refractivity contribution in [3.8, 4) is 17.0 Å². The predicted octanol–water partition coefficient (Wildman–Crippen LogP) is 5.40. The van der Waals surface area contributed by atoms with Crippen LogP contribution in [0.5, 0.6) is 5.75 Å². The molecular formula is C28H31N5O2. The Bertz CT molecular complexity index is 1280. The van der Waals surface area contributed by atoms with Crippen molar-refractivity contribution in [2.45, 2.75) is 45.7 Å². The highest BCUT2D eigenvalue weighted by Gasteiger charge is 2.42. The number of benzene rings is 2. The van der Waals surface area contributed by atoms with Gasteiger partial charge in [0, 0.05) is 36.6 Å². The second-order valence-corrected chi connectivity index (χ2v) is 9.06. The number of hydrogen-bond acceptors (Lipinski definition) is 4. The molecule has 1 aliphatic heterocycles. The van der Waals surface area contributed by atoms with Crippen LogP contribution in [0.15, 0.2) is 67.3 Å². The van der Waals surface area contributed by atoms with Gasteiger partial charge in [-0.1, -0.05) is 55.3 Å². The average Bonchev–Trinajstić information content (AvgIpc) is 3.59. The van der Waals surface area contributed by atoms with Crippen LogP contribution in [0.25, 0.3) is 11.3 Å². The zero-order valence-electron chi connectivity index (χ0n) is 20.3. The lowest BCUT2D eigenvalue weighted by atomic mass is 9.95. The number of aryl methyl sites for hydroxylation is 2. The van der Waals surface area contributed by atoms with Crippen molar-refractivity contribution in [3.05, 3.63) is 89.6 Å². The lowest BCUT2D eigenvalue weighted by Crippen LogP contribution is -2.31. The van der Waals surface area contributed by atoms with E-state index < -0.39 is 0 Å². The predicted molar refractivity (Wildman–Crippen MR) is 135 cm³/mol. The molecule has 35 heavy (non-hydrogen) atoms. The van der Waals surface area contributed by atoms with Gasteiger partial charge in [-0.15, -0.1) is 0 Å². The molecule has 7 nitrogen and oxygen atoms in total. The van der Waals surface area contributed by atoms with Crippen LogP contribution >= 0.6 is 0 Å². The molecule has 3 heterocycles. The Kier molecular flexibility index (Phi) is 6.66. The molecule has 0 fully saturated rings. The quantitative estimate of drug-likeness (QED) is 0.316. The number of amides is 1. The first-order valence-corrected chi connectivity index (χ1v) is 12.3. The average molecular weight is 470 g/mol. The number of nitrogens with zero attached hydrogens (tertiary/aromatic N) is 4. The van der Waals surface area contributed by atoms with Crippen molar-refractivity contribution in [1.29, 1.82) is 0 Å². The highest BCUT2D eigenvalue weighted by Crippen LogP contribution is 2.43. The molecule has 1 atom stereocenters. The molecule has 0 bridgehead atoms. The Morgan fingerprint density at radius 2 is 1.94 bits per heavy atom. The summed E-state index contributed by atoms with van der Waals surface area (Å²) in [4.78, 5) is 19.7. The summed E-state index contributed by atoms with van der Waals surface area (Å²) in [5.74, 6) is 0.814. The molecule has 1 unspecified atom stereocenters. The minimum atomic E-state index is -0.231. The third-order valence-electron chi connectivity index (χ3n) is 6.50. The number of carbonyl (C=O) groups excluding carboxylic acids is 1. The van der Waals surface area contributed by atoms with Crippen LogP contribution in [0.3, 0.4) is 0 Å². The Balaban J connectivity index is 1.50. The summed E-state index contributed by atoms with van der Waals surface area (Å²) in [6.07, 6.45) is 8.45. The lowest BCUT2D eigenvalue weighted by molar-refractivity contribution is 0.0739. The summed E-state index contributed by atoms with van der Waals surface area (Å²) in [5.41, 5.74) is 5.56. The van der Waals surface area contributed by atoms with Crippen LogP contribution in [-0.4, -0.2) is 43.7 Å². The second-order valence-electron chi connectivity index (χ2n) is 9.06. The van der Waals surface area contributed by atoms with Crippen LogP contribution in [0.2, 0.25) is 0 Å².